The molecule has 574 valence electrons. The standard InChI is InChI=1S/C80H141NO18/c1-3-5-7-9-11-13-15-17-19-21-23-25-26-27-28-29-30-31-32-33-34-35-36-38-40-42-44-46-48-50-52-54-56-58-68(86)81-63(64(85)57-55-53-51-49-47-45-43-41-39-37-24-22-20-18-16-14-12-10-8-6-4-2)62-94-78-74(92)71(89)76(66(60-83)96-78)99-80-75(93)72(90)77(67(61-84)97-80)98-79-73(91)70(88)69(87)65(59-82)95-79/h5,7,11,13,17,19,23,25,27-28,30-31,33-34,63-67,69-80,82-85,87-93H,3-4,6,8-10,12,14-16,18,20-22,24,26,29,32,35-62H2,1-2H3,(H,81,86)/b7-5-,13-11-,19-17-,25-23-,28-27-,31-30-,34-33-. The van der Waals surface area contributed by atoms with E-state index in [0.29, 0.717) is 12.8 Å². The van der Waals surface area contributed by atoms with E-state index in [2.05, 4.69) is 104 Å². The number of ether oxygens (including phenoxy) is 6. The van der Waals surface area contributed by atoms with Crippen LogP contribution in [-0.2, 0) is 33.2 Å². The Morgan fingerprint density at radius 2 is 0.697 bits per heavy atom. The number of rotatable bonds is 61. The van der Waals surface area contributed by atoms with Crippen molar-refractivity contribution in [1.82, 2.24) is 5.32 Å². The van der Waals surface area contributed by atoms with Crippen LogP contribution in [0, 0.1) is 0 Å². The molecule has 0 aromatic heterocycles. The number of hydrogen-bond acceptors (Lipinski definition) is 18. The molecule has 0 spiro atoms. The van der Waals surface area contributed by atoms with Gasteiger partial charge in [0.15, 0.2) is 18.9 Å². The van der Waals surface area contributed by atoms with Crippen LogP contribution in [0.1, 0.15) is 284 Å². The first-order valence-electron chi connectivity index (χ1n) is 39.3. The topological polar surface area (TPSA) is 307 Å². The summed E-state index contributed by atoms with van der Waals surface area (Å²) in [5.74, 6) is -0.246. The highest BCUT2D eigenvalue weighted by Crippen LogP contribution is 2.33. The molecule has 99 heavy (non-hydrogen) atoms. The van der Waals surface area contributed by atoms with E-state index in [4.69, 9.17) is 28.4 Å². The van der Waals surface area contributed by atoms with E-state index in [1.54, 1.807) is 0 Å². The molecular weight excluding hydrogens is 1260 g/mol. The largest absolute Gasteiger partial charge is 0.394 e. The molecule has 0 aromatic rings. The number of amides is 1. The molecule has 3 aliphatic rings. The van der Waals surface area contributed by atoms with Crippen molar-refractivity contribution >= 4 is 5.91 Å². The molecule has 3 fully saturated rings. The average molecular weight is 1400 g/mol. The molecule has 12 N–H and O–H groups in total. The van der Waals surface area contributed by atoms with Crippen molar-refractivity contribution < 1.29 is 89.4 Å². The number of allylic oxidation sites excluding steroid dienone is 14. The fourth-order valence-corrected chi connectivity index (χ4v) is 12.9. The zero-order valence-corrected chi connectivity index (χ0v) is 61.2. The summed E-state index contributed by atoms with van der Waals surface area (Å²) in [4.78, 5) is 13.5. The van der Waals surface area contributed by atoms with E-state index in [0.717, 1.165) is 96.3 Å². The molecule has 19 heteroatoms. The third kappa shape index (κ3) is 40.7. The molecule has 3 aliphatic heterocycles. The highest BCUT2D eigenvalue weighted by molar-refractivity contribution is 5.76. The summed E-state index contributed by atoms with van der Waals surface area (Å²) >= 11 is 0. The van der Waals surface area contributed by atoms with Gasteiger partial charge < -0.3 is 89.9 Å². The highest BCUT2D eigenvalue weighted by atomic mass is 16.8. The Labute approximate surface area is 597 Å². The summed E-state index contributed by atoms with van der Waals surface area (Å²) in [6, 6.07) is -0.895. The van der Waals surface area contributed by atoms with Gasteiger partial charge in [-0.1, -0.05) is 292 Å². The molecule has 1 amide bonds. The maximum absolute atomic E-state index is 13.5. The first-order chi connectivity index (χ1) is 48.3. The lowest BCUT2D eigenvalue weighted by atomic mass is 9.96. The predicted molar refractivity (Wildman–Crippen MR) is 392 cm³/mol. The first kappa shape index (κ1) is 90.2. The van der Waals surface area contributed by atoms with Crippen molar-refractivity contribution in [1.29, 1.82) is 0 Å². The molecule has 19 nitrogen and oxygen atoms in total. The number of carbonyl (C=O) groups excluding carboxylic acids is 1. The van der Waals surface area contributed by atoms with Crippen LogP contribution >= 0.6 is 0 Å². The summed E-state index contributed by atoms with van der Waals surface area (Å²) in [6.45, 7) is 1.71. The van der Waals surface area contributed by atoms with Gasteiger partial charge in [0.05, 0.1) is 38.6 Å². The minimum absolute atomic E-state index is 0.246. The van der Waals surface area contributed by atoms with E-state index < -0.39 is 124 Å². The number of aliphatic hydroxyl groups excluding tert-OH is 11. The Hall–Kier alpha value is -3.03. The summed E-state index contributed by atoms with van der Waals surface area (Å²) in [5.41, 5.74) is 0. The van der Waals surface area contributed by atoms with Crippen LogP contribution in [0.3, 0.4) is 0 Å². The number of carbonyl (C=O) groups is 1. The summed E-state index contributed by atoms with van der Waals surface area (Å²) in [7, 11) is 0. The van der Waals surface area contributed by atoms with E-state index in [1.165, 1.54) is 154 Å². The molecule has 3 saturated heterocycles. The fraction of sp³-hybridized carbons (Fsp3) is 0.812. The van der Waals surface area contributed by atoms with Gasteiger partial charge in [-0.15, -0.1) is 0 Å². The van der Waals surface area contributed by atoms with Crippen LogP contribution in [-0.4, -0.2) is 193 Å². The second-order valence-electron chi connectivity index (χ2n) is 27.8. The molecular formula is C80H141NO18. The molecule has 0 radical (unpaired) electrons. The zero-order valence-electron chi connectivity index (χ0n) is 61.2. The van der Waals surface area contributed by atoms with Crippen LogP contribution in [0.25, 0.3) is 0 Å². The Morgan fingerprint density at radius 1 is 0.374 bits per heavy atom. The van der Waals surface area contributed by atoms with Crippen LogP contribution in [0.15, 0.2) is 85.1 Å². The number of nitrogens with one attached hydrogen (secondary N) is 1. The van der Waals surface area contributed by atoms with Crippen LogP contribution in [0.5, 0.6) is 0 Å². The number of hydrogen-bond donors (Lipinski definition) is 12. The van der Waals surface area contributed by atoms with Gasteiger partial charge in [0, 0.05) is 6.42 Å². The van der Waals surface area contributed by atoms with E-state index in [9.17, 15) is 61.0 Å². The molecule has 3 rings (SSSR count). The third-order valence-corrected chi connectivity index (χ3v) is 19.2. The average Bonchev–Trinajstić information content (AvgIpc) is 0.761. The van der Waals surface area contributed by atoms with Crippen molar-refractivity contribution in [2.75, 3.05) is 26.4 Å². The second kappa shape index (κ2) is 60.3. The zero-order chi connectivity index (χ0) is 71.8. The summed E-state index contributed by atoms with van der Waals surface area (Å²) < 4.78 is 34.5. The van der Waals surface area contributed by atoms with Gasteiger partial charge >= 0.3 is 0 Å². The molecule has 0 aliphatic carbocycles. The maximum Gasteiger partial charge on any atom is 0.220 e. The minimum Gasteiger partial charge on any atom is -0.394 e. The van der Waals surface area contributed by atoms with Crippen LogP contribution in [0.4, 0.5) is 0 Å². The van der Waals surface area contributed by atoms with Crippen molar-refractivity contribution in [3.63, 3.8) is 0 Å². The lowest BCUT2D eigenvalue weighted by molar-refractivity contribution is -0.379. The van der Waals surface area contributed by atoms with Crippen LogP contribution in [0.2, 0.25) is 0 Å². The van der Waals surface area contributed by atoms with Crippen molar-refractivity contribution in [2.24, 2.45) is 0 Å². The Morgan fingerprint density at radius 3 is 1.09 bits per heavy atom. The van der Waals surface area contributed by atoms with E-state index in [-0.39, 0.29) is 18.9 Å². The van der Waals surface area contributed by atoms with Gasteiger partial charge in [-0.05, 0) is 70.6 Å². The molecule has 0 saturated carbocycles. The number of aliphatic hydroxyl groups is 11. The molecule has 17 atom stereocenters. The fourth-order valence-electron chi connectivity index (χ4n) is 12.9. The summed E-state index contributed by atoms with van der Waals surface area (Å²) in [5, 5.41) is 121. The lowest BCUT2D eigenvalue weighted by Gasteiger charge is -2.48. The quantitative estimate of drug-likeness (QED) is 0.0199. The van der Waals surface area contributed by atoms with E-state index in [1.807, 2.05) is 0 Å². The van der Waals surface area contributed by atoms with Gasteiger partial charge in [0.25, 0.3) is 0 Å². The normalized spacial score (nSPS) is 27.1. The Kier molecular flexibility index (Phi) is 54.9. The molecule has 3 heterocycles. The van der Waals surface area contributed by atoms with Crippen molar-refractivity contribution in [3.8, 4) is 0 Å². The Balaban J connectivity index is 1.37. The highest BCUT2D eigenvalue weighted by Gasteiger charge is 2.54. The van der Waals surface area contributed by atoms with Gasteiger partial charge in [-0.3, -0.25) is 4.79 Å². The summed E-state index contributed by atoms with van der Waals surface area (Å²) in [6.07, 6.45) is 52.2. The number of unbranched alkanes of at least 4 members (excludes halogenated alkanes) is 31. The SMILES string of the molecule is CC/C=C\C/C=C\C/C=C\C/C=C\C/C=C\C/C=C\C/C=C\CCCCCCCCCCCCCC(=O)NC(COC1OC(CO)C(OC2OC(CO)C(OC3OC(CO)C(O)C(O)C3O)C(O)C2O)C(O)C1O)C(O)CCCCCCCCCCCCCCCCCCCCCCC. The van der Waals surface area contributed by atoms with E-state index >= 15 is 0 Å². The molecule has 17 unspecified atom stereocenters. The van der Waals surface area contributed by atoms with Gasteiger partial charge in [0.2, 0.25) is 5.91 Å². The van der Waals surface area contributed by atoms with Crippen LogP contribution < -0.4 is 5.32 Å². The first-order valence-corrected chi connectivity index (χ1v) is 39.3. The monoisotopic (exact) mass is 1400 g/mol. The van der Waals surface area contributed by atoms with Gasteiger partial charge in [-0.25, -0.2) is 0 Å². The third-order valence-electron chi connectivity index (χ3n) is 19.2. The minimum atomic E-state index is -1.98. The predicted octanol–water partition coefficient (Wildman–Crippen LogP) is 12.6. The van der Waals surface area contributed by atoms with Gasteiger partial charge in [-0.2, -0.15) is 0 Å². The maximum atomic E-state index is 13.5. The van der Waals surface area contributed by atoms with Crippen molar-refractivity contribution in [3.05, 3.63) is 85.1 Å². The Bertz CT molecular complexity index is 2120. The van der Waals surface area contributed by atoms with Gasteiger partial charge in [0.1, 0.15) is 73.2 Å². The lowest BCUT2D eigenvalue weighted by Crippen LogP contribution is -2.66. The van der Waals surface area contributed by atoms with Crippen molar-refractivity contribution in [2.45, 2.75) is 388 Å². The second-order valence-corrected chi connectivity index (χ2v) is 27.8. The smallest absolute Gasteiger partial charge is 0.220 e. The molecule has 0 aromatic carbocycles. The molecule has 0 bridgehead atoms.